The standard InChI is InChI=1S/C13H24N2O3/c1-5-11-8-15(7-6-14(11)4)12(16)9(2)10(3)13(17)18/h9-11H,5-8H2,1-4H3,(H,17,18). The summed E-state index contributed by atoms with van der Waals surface area (Å²) in [6, 6.07) is 0.384. The van der Waals surface area contributed by atoms with Crippen molar-refractivity contribution in [3.8, 4) is 0 Å². The minimum Gasteiger partial charge on any atom is -0.481 e. The van der Waals surface area contributed by atoms with E-state index in [4.69, 9.17) is 5.11 Å². The molecule has 1 rings (SSSR count). The zero-order valence-corrected chi connectivity index (χ0v) is 11.7. The van der Waals surface area contributed by atoms with Crippen molar-refractivity contribution in [2.45, 2.75) is 33.2 Å². The van der Waals surface area contributed by atoms with Crippen molar-refractivity contribution in [3.63, 3.8) is 0 Å². The lowest BCUT2D eigenvalue weighted by atomic mass is 9.94. The normalized spacial score (nSPS) is 24.7. The Labute approximate surface area is 109 Å². The Bertz CT molecular complexity index is 319. The zero-order valence-electron chi connectivity index (χ0n) is 11.7. The lowest BCUT2D eigenvalue weighted by Crippen LogP contribution is -2.54. The van der Waals surface area contributed by atoms with Crippen LogP contribution in [0.2, 0.25) is 0 Å². The quantitative estimate of drug-likeness (QED) is 0.811. The fourth-order valence-electron chi connectivity index (χ4n) is 2.30. The lowest BCUT2D eigenvalue weighted by Gasteiger charge is -2.40. The van der Waals surface area contributed by atoms with Gasteiger partial charge in [-0.25, -0.2) is 0 Å². The van der Waals surface area contributed by atoms with Gasteiger partial charge in [-0.1, -0.05) is 20.8 Å². The van der Waals surface area contributed by atoms with Crippen LogP contribution in [0.5, 0.6) is 0 Å². The SMILES string of the molecule is CCC1CN(C(=O)C(C)C(C)C(=O)O)CCN1C. The highest BCUT2D eigenvalue weighted by molar-refractivity contribution is 5.84. The van der Waals surface area contributed by atoms with E-state index in [1.54, 1.807) is 13.8 Å². The van der Waals surface area contributed by atoms with E-state index < -0.39 is 17.8 Å². The van der Waals surface area contributed by atoms with Gasteiger partial charge in [0.2, 0.25) is 5.91 Å². The molecule has 5 heteroatoms. The van der Waals surface area contributed by atoms with Crippen LogP contribution in [-0.2, 0) is 9.59 Å². The molecule has 1 heterocycles. The second-order valence-electron chi connectivity index (χ2n) is 5.24. The molecule has 0 bridgehead atoms. The van der Waals surface area contributed by atoms with Crippen molar-refractivity contribution < 1.29 is 14.7 Å². The summed E-state index contributed by atoms with van der Waals surface area (Å²) in [6.45, 7) is 7.68. The number of carboxylic acid groups (broad SMARTS) is 1. The lowest BCUT2D eigenvalue weighted by molar-refractivity contribution is -0.150. The monoisotopic (exact) mass is 256 g/mol. The van der Waals surface area contributed by atoms with Crippen molar-refractivity contribution in [1.29, 1.82) is 0 Å². The number of piperazine rings is 1. The van der Waals surface area contributed by atoms with Crippen molar-refractivity contribution >= 4 is 11.9 Å². The molecular weight excluding hydrogens is 232 g/mol. The van der Waals surface area contributed by atoms with Gasteiger partial charge >= 0.3 is 5.97 Å². The first kappa shape index (κ1) is 15.0. The first-order valence-electron chi connectivity index (χ1n) is 6.60. The Balaban J connectivity index is 2.64. The molecule has 1 fully saturated rings. The average molecular weight is 256 g/mol. The summed E-state index contributed by atoms with van der Waals surface area (Å²) in [5.41, 5.74) is 0. The largest absolute Gasteiger partial charge is 0.481 e. The number of carbonyl (C=O) groups is 2. The summed E-state index contributed by atoms with van der Waals surface area (Å²) in [4.78, 5) is 27.3. The first-order chi connectivity index (χ1) is 8.38. The number of carbonyl (C=O) groups excluding carboxylic acids is 1. The molecule has 0 aliphatic carbocycles. The molecule has 1 N–H and O–H groups in total. The van der Waals surface area contributed by atoms with Gasteiger partial charge in [-0.3, -0.25) is 14.5 Å². The minimum absolute atomic E-state index is 0.0311. The van der Waals surface area contributed by atoms with Crippen LogP contribution in [0.15, 0.2) is 0 Å². The molecule has 0 aromatic rings. The predicted molar refractivity (Wildman–Crippen MR) is 69.3 cm³/mol. The highest BCUT2D eigenvalue weighted by Gasteiger charge is 2.32. The van der Waals surface area contributed by atoms with Crippen LogP contribution in [0, 0.1) is 11.8 Å². The highest BCUT2D eigenvalue weighted by atomic mass is 16.4. The minimum atomic E-state index is -0.906. The van der Waals surface area contributed by atoms with Crippen LogP contribution in [-0.4, -0.2) is 59.5 Å². The van der Waals surface area contributed by atoms with Crippen LogP contribution in [0.4, 0.5) is 0 Å². The van der Waals surface area contributed by atoms with E-state index in [1.807, 2.05) is 4.90 Å². The fraction of sp³-hybridized carbons (Fsp3) is 0.846. The second-order valence-corrected chi connectivity index (χ2v) is 5.24. The summed E-state index contributed by atoms with van der Waals surface area (Å²) < 4.78 is 0. The number of carboxylic acids is 1. The van der Waals surface area contributed by atoms with Crippen LogP contribution >= 0.6 is 0 Å². The van der Waals surface area contributed by atoms with E-state index in [9.17, 15) is 9.59 Å². The van der Waals surface area contributed by atoms with Crippen molar-refractivity contribution in [1.82, 2.24) is 9.80 Å². The molecule has 5 nitrogen and oxygen atoms in total. The Kier molecular flexibility index (Phi) is 5.14. The van der Waals surface area contributed by atoms with Crippen molar-refractivity contribution in [3.05, 3.63) is 0 Å². The van der Waals surface area contributed by atoms with Gasteiger partial charge in [-0.2, -0.15) is 0 Å². The molecule has 1 aliphatic rings. The zero-order chi connectivity index (χ0) is 13.9. The maximum atomic E-state index is 12.3. The van der Waals surface area contributed by atoms with Crippen molar-refractivity contribution in [2.75, 3.05) is 26.7 Å². The van der Waals surface area contributed by atoms with Gasteiger partial charge < -0.3 is 10.0 Å². The molecule has 1 aliphatic heterocycles. The van der Waals surface area contributed by atoms with Crippen molar-refractivity contribution in [2.24, 2.45) is 11.8 Å². The van der Waals surface area contributed by atoms with Crippen LogP contribution in [0.3, 0.4) is 0 Å². The Morgan fingerprint density at radius 1 is 1.28 bits per heavy atom. The Hall–Kier alpha value is -1.10. The highest BCUT2D eigenvalue weighted by Crippen LogP contribution is 2.18. The van der Waals surface area contributed by atoms with Gasteiger partial charge in [0.05, 0.1) is 5.92 Å². The van der Waals surface area contributed by atoms with Gasteiger partial charge in [-0.15, -0.1) is 0 Å². The van der Waals surface area contributed by atoms with E-state index in [1.165, 1.54) is 0 Å². The Morgan fingerprint density at radius 3 is 2.39 bits per heavy atom. The fourth-order valence-corrected chi connectivity index (χ4v) is 2.30. The first-order valence-corrected chi connectivity index (χ1v) is 6.60. The molecule has 0 radical (unpaired) electrons. The maximum Gasteiger partial charge on any atom is 0.307 e. The molecule has 1 amide bonds. The summed E-state index contributed by atoms with van der Waals surface area (Å²) in [5.74, 6) is -2.02. The summed E-state index contributed by atoms with van der Waals surface area (Å²) in [6.07, 6.45) is 1.00. The molecule has 3 atom stereocenters. The number of hydrogen-bond acceptors (Lipinski definition) is 3. The molecule has 104 valence electrons. The molecule has 0 aromatic heterocycles. The average Bonchev–Trinajstić information content (AvgIpc) is 2.36. The molecular formula is C13H24N2O3. The number of hydrogen-bond donors (Lipinski definition) is 1. The van der Waals surface area contributed by atoms with Gasteiger partial charge in [0.1, 0.15) is 0 Å². The second kappa shape index (κ2) is 6.18. The number of amides is 1. The van der Waals surface area contributed by atoms with Gasteiger partial charge in [0, 0.05) is 31.6 Å². The van der Waals surface area contributed by atoms with Crippen LogP contribution in [0.1, 0.15) is 27.2 Å². The third-order valence-electron chi connectivity index (χ3n) is 4.09. The number of rotatable bonds is 4. The van der Waals surface area contributed by atoms with E-state index in [0.717, 1.165) is 13.0 Å². The van der Waals surface area contributed by atoms with E-state index in [-0.39, 0.29) is 5.91 Å². The third-order valence-corrected chi connectivity index (χ3v) is 4.09. The molecule has 1 saturated heterocycles. The molecule has 3 unspecified atom stereocenters. The van der Waals surface area contributed by atoms with E-state index in [0.29, 0.717) is 19.1 Å². The van der Waals surface area contributed by atoms with Gasteiger partial charge in [0.15, 0.2) is 0 Å². The Morgan fingerprint density at radius 2 is 1.89 bits per heavy atom. The number of nitrogens with zero attached hydrogens (tertiary/aromatic N) is 2. The predicted octanol–water partition coefficient (Wildman–Crippen LogP) is 0.896. The topological polar surface area (TPSA) is 60.9 Å². The molecule has 18 heavy (non-hydrogen) atoms. The maximum absolute atomic E-state index is 12.3. The smallest absolute Gasteiger partial charge is 0.307 e. The van der Waals surface area contributed by atoms with Gasteiger partial charge in [-0.05, 0) is 13.5 Å². The van der Waals surface area contributed by atoms with Crippen LogP contribution < -0.4 is 0 Å². The van der Waals surface area contributed by atoms with E-state index in [2.05, 4.69) is 18.9 Å². The molecule has 0 spiro atoms. The third kappa shape index (κ3) is 3.22. The van der Waals surface area contributed by atoms with Gasteiger partial charge in [0.25, 0.3) is 0 Å². The number of aliphatic carboxylic acids is 1. The summed E-state index contributed by atoms with van der Waals surface area (Å²) in [7, 11) is 2.07. The number of likely N-dealkylation sites (N-methyl/N-ethyl adjacent to an activating group) is 1. The summed E-state index contributed by atoms with van der Waals surface area (Å²) in [5, 5.41) is 8.96. The summed E-state index contributed by atoms with van der Waals surface area (Å²) >= 11 is 0. The van der Waals surface area contributed by atoms with E-state index >= 15 is 0 Å². The van der Waals surface area contributed by atoms with Crippen LogP contribution in [0.25, 0.3) is 0 Å². The molecule has 0 aromatic carbocycles. The molecule has 0 saturated carbocycles.